The van der Waals surface area contributed by atoms with E-state index >= 15 is 0 Å². The van der Waals surface area contributed by atoms with E-state index in [2.05, 4.69) is 0 Å². The van der Waals surface area contributed by atoms with E-state index in [9.17, 15) is 0 Å². The number of rotatable bonds is 7. The van der Waals surface area contributed by atoms with Crippen LogP contribution in [0.25, 0.3) is 0 Å². The van der Waals surface area contributed by atoms with Crippen molar-refractivity contribution in [3.05, 3.63) is 23.8 Å². The summed E-state index contributed by atoms with van der Waals surface area (Å²) in [5.74, 6) is 1.85. The van der Waals surface area contributed by atoms with Gasteiger partial charge in [-0.2, -0.15) is 0 Å². The zero-order valence-corrected chi connectivity index (χ0v) is 10.6. The monoisotopic (exact) mass is 238 g/mol. The summed E-state index contributed by atoms with van der Waals surface area (Å²) in [7, 11) is 1.64. The molecule has 0 aliphatic heterocycles. The summed E-state index contributed by atoms with van der Waals surface area (Å²) in [6, 6.07) is 5.96. The lowest BCUT2D eigenvalue weighted by Crippen LogP contribution is -2.25. The van der Waals surface area contributed by atoms with Gasteiger partial charge in [-0.3, -0.25) is 0 Å². The molecule has 17 heavy (non-hydrogen) atoms. The van der Waals surface area contributed by atoms with Crippen LogP contribution in [0, 0.1) is 5.92 Å². The van der Waals surface area contributed by atoms with Crippen LogP contribution in [0.5, 0.6) is 11.5 Å². The highest BCUT2D eigenvalue weighted by atomic mass is 16.5. The second-order valence-electron chi connectivity index (χ2n) is 3.96. The van der Waals surface area contributed by atoms with Crippen molar-refractivity contribution in [2.75, 3.05) is 26.8 Å². The Bertz CT molecular complexity index is 338. The number of hydrogen-bond acceptors (Lipinski definition) is 4. The van der Waals surface area contributed by atoms with Crippen molar-refractivity contribution >= 4 is 0 Å². The molecule has 0 radical (unpaired) electrons. The molecular formula is C13H22N2O2. The molecule has 0 unspecified atom stereocenters. The largest absolute Gasteiger partial charge is 0.493 e. The van der Waals surface area contributed by atoms with Gasteiger partial charge in [-0.1, -0.05) is 6.07 Å². The number of benzene rings is 1. The molecule has 0 saturated heterocycles. The van der Waals surface area contributed by atoms with E-state index in [1.807, 2.05) is 25.1 Å². The molecule has 1 rings (SSSR count). The van der Waals surface area contributed by atoms with Crippen molar-refractivity contribution in [3.63, 3.8) is 0 Å². The first kappa shape index (κ1) is 13.8. The van der Waals surface area contributed by atoms with Gasteiger partial charge in [-0.15, -0.1) is 0 Å². The van der Waals surface area contributed by atoms with Crippen LogP contribution in [-0.2, 0) is 6.42 Å². The summed E-state index contributed by atoms with van der Waals surface area (Å²) in [5, 5.41) is 0. The highest BCUT2D eigenvalue weighted by Crippen LogP contribution is 2.28. The molecule has 96 valence electrons. The van der Waals surface area contributed by atoms with Crippen molar-refractivity contribution in [2.45, 2.75) is 13.3 Å². The molecule has 4 nitrogen and oxygen atoms in total. The Hall–Kier alpha value is -1.26. The summed E-state index contributed by atoms with van der Waals surface area (Å²) in [6.45, 7) is 3.79. The molecule has 4 heteroatoms. The molecule has 0 aliphatic carbocycles. The second kappa shape index (κ2) is 7.14. The number of hydrogen-bond donors (Lipinski definition) is 2. The molecule has 0 fully saturated rings. The van der Waals surface area contributed by atoms with Gasteiger partial charge < -0.3 is 20.9 Å². The van der Waals surface area contributed by atoms with Crippen LogP contribution in [0.1, 0.15) is 12.5 Å². The van der Waals surface area contributed by atoms with E-state index in [0.29, 0.717) is 25.6 Å². The van der Waals surface area contributed by atoms with Gasteiger partial charge in [0.25, 0.3) is 0 Å². The first-order valence-corrected chi connectivity index (χ1v) is 5.95. The van der Waals surface area contributed by atoms with E-state index in [1.165, 1.54) is 5.56 Å². The number of nitrogens with two attached hydrogens (primary N) is 2. The molecule has 0 bridgehead atoms. The van der Waals surface area contributed by atoms with Crippen LogP contribution in [-0.4, -0.2) is 26.8 Å². The average molecular weight is 238 g/mol. The van der Waals surface area contributed by atoms with Crippen LogP contribution in [0.2, 0.25) is 0 Å². The molecule has 0 aromatic heterocycles. The molecular weight excluding hydrogens is 216 g/mol. The highest BCUT2D eigenvalue weighted by molar-refractivity contribution is 5.43. The lowest BCUT2D eigenvalue weighted by Gasteiger charge is -2.14. The summed E-state index contributed by atoms with van der Waals surface area (Å²) in [4.78, 5) is 0. The van der Waals surface area contributed by atoms with E-state index in [4.69, 9.17) is 20.9 Å². The van der Waals surface area contributed by atoms with Crippen molar-refractivity contribution in [2.24, 2.45) is 17.4 Å². The molecule has 1 aromatic carbocycles. The van der Waals surface area contributed by atoms with Crippen LogP contribution >= 0.6 is 0 Å². The maximum Gasteiger partial charge on any atom is 0.161 e. The molecule has 0 aliphatic rings. The lowest BCUT2D eigenvalue weighted by molar-refractivity contribution is 0.310. The second-order valence-corrected chi connectivity index (χ2v) is 3.96. The van der Waals surface area contributed by atoms with Gasteiger partial charge in [-0.25, -0.2) is 0 Å². The van der Waals surface area contributed by atoms with Gasteiger partial charge in [0, 0.05) is 0 Å². The Morgan fingerprint density at radius 1 is 1.18 bits per heavy atom. The molecule has 1 aromatic rings. The third kappa shape index (κ3) is 3.91. The maximum atomic E-state index is 5.64. The minimum atomic E-state index is 0.317. The third-order valence-electron chi connectivity index (χ3n) is 2.72. The molecule has 4 N–H and O–H groups in total. The van der Waals surface area contributed by atoms with Crippen molar-refractivity contribution in [3.8, 4) is 11.5 Å². The van der Waals surface area contributed by atoms with E-state index in [-0.39, 0.29) is 0 Å². The topological polar surface area (TPSA) is 70.5 Å². The Morgan fingerprint density at radius 2 is 1.88 bits per heavy atom. The van der Waals surface area contributed by atoms with Crippen LogP contribution < -0.4 is 20.9 Å². The van der Waals surface area contributed by atoms with Gasteiger partial charge in [0.1, 0.15) is 0 Å². The van der Waals surface area contributed by atoms with Gasteiger partial charge >= 0.3 is 0 Å². The Morgan fingerprint density at radius 3 is 2.41 bits per heavy atom. The standard InChI is InChI=1S/C13H22N2O2/c1-3-17-12-5-4-10(7-13(12)16-2)6-11(8-14)9-15/h4-5,7,11H,3,6,8-9,14-15H2,1-2H3. The predicted octanol–water partition coefficient (Wildman–Crippen LogP) is 1.17. The SMILES string of the molecule is CCOc1ccc(CC(CN)CN)cc1OC. The van der Waals surface area contributed by atoms with Gasteiger partial charge in [-0.05, 0) is 50.0 Å². The number of methoxy groups -OCH3 is 1. The van der Waals surface area contributed by atoms with Crippen molar-refractivity contribution < 1.29 is 9.47 Å². The van der Waals surface area contributed by atoms with Gasteiger partial charge in [0.05, 0.1) is 13.7 Å². The zero-order valence-electron chi connectivity index (χ0n) is 10.6. The Kier molecular flexibility index (Phi) is 5.80. The quantitative estimate of drug-likeness (QED) is 0.748. The van der Waals surface area contributed by atoms with Crippen LogP contribution in [0.4, 0.5) is 0 Å². The van der Waals surface area contributed by atoms with Crippen molar-refractivity contribution in [1.29, 1.82) is 0 Å². The molecule has 0 atom stereocenters. The zero-order chi connectivity index (χ0) is 12.7. The third-order valence-corrected chi connectivity index (χ3v) is 2.72. The minimum absolute atomic E-state index is 0.317. The Balaban J connectivity index is 2.81. The molecule has 0 heterocycles. The fraction of sp³-hybridized carbons (Fsp3) is 0.538. The summed E-state index contributed by atoms with van der Waals surface area (Å²) in [6.07, 6.45) is 0.871. The van der Waals surface area contributed by atoms with Gasteiger partial charge in [0.15, 0.2) is 11.5 Å². The fourth-order valence-corrected chi connectivity index (χ4v) is 1.71. The molecule has 0 saturated carbocycles. The van der Waals surface area contributed by atoms with Crippen LogP contribution in [0.15, 0.2) is 18.2 Å². The summed E-state index contributed by atoms with van der Waals surface area (Å²) in [5.41, 5.74) is 12.5. The predicted molar refractivity (Wildman–Crippen MR) is 69.5 cm³/mol. The highest BCUT2D eigenvalue weighted by Gasteiger charge is 2.09. The van der Waals surface area contributed by atoms with E-state index in [0.717, 1.165) is 17.9 Å². The van der Waals surface area contributed by atoms with Crippen molar-refractivity contribution in [1.82, 2.24) is 0 Å². The average Bonchev–Trinajstić information content (AvgIpc) is 2.37. The van der Waals surface area contributed by atoms with E-state index < -0.39 is 0 Å². The fourth-order valence-electron chi connectivity index (χ4n) is 1.71. The molecule has 0 amide bonds. The summed E-state index contributed by atoms with van der Waals surface area (Å²) < 4.78 is 10.8. The summed E-state index contributed by atoms with van der Waals surface area (Å²) >= 11 is 0. The van der Waals surface area contributed by atoms with E-state index in [1.54, 1.807) is 7.11 Å². The molecule has 0 spiro atoms. The van der Waals surface area contributed by atoms with Crippen LogP contribution in [0.3, 0.4) is 0 Å². The lowest BCUT2D eigenvalue weighted by atomic mass is 9.99. The smallest absolute Gasteiger partial charge is 0.161 e. The Labute approximate surface area is 103 Å². The first-order valence-electron chi connectivity index (χ1n) is 5.95. The van der Waals surface area contributed by atoms with Gasteiger partial charge in [0.2, 0.25) is 0 Å². The first-order chi connectivity index (χ1) is 8.24. The minimum Gasteiger partial charge on any atom is -0.493 e. The maximum absolute atomic E-state index is 5.64. The number of ether oxygens (including phenoxy) is 2. The normalized spacial score (nSPS) is 10.6.